The van der Waals surface area contributed by atoms with Crippen LogP contribution in [0.2, 0.25) is 0 Å². The Morgan fingerprint density at radius 3 is 2.30 bits per heavy atom. The van der Waals surface area contributed by atoms with E-state index in [1.807, 2.05) is 4.90 Å². The van der Waals surface area contributed by atoms with E-state index in [4.69, 9.17) is 0 Å². The number of rotatable bonds is 3. The van der Waals surface area contributed by atoms with Crippen LogP contribution >= 0.6 is 0 Å². The molecule has 5 nitrogen and oxygen atoms in total. The summed E-state index contributed by atoms with van der Waals surface area (Å²) in [7, 11) is 0. The fourth-order valence-electron chi connectivity index (χ4n) is 2.89. The normalized spacial score (nSPS) is 22.6. The lowest BCUT2D eigenvalue weighted by Crippen LogP contribution is -2.43. The maximum absolute atomic E-state index is 12.3. The van der Waals surface area contributed by atoms with E-state index in [0.29, 0.717) is 18.3 Å². The molecule has 1 amide bonds. The third kappa shape index (κ3) is 3.56. The Morgan fingerprint density at radius 2 is 1.80 bits per heavy atom. The van der Waals surface area contributed by atoms with Crippen LogP contribution < -0.4 is 0 Å². The van der Waals surface area contributed by atoms with Crippen molar-refractivity contribution in [3.05, 3.63) is 39.9 Å². The van der Waals surface area contributed by atoms with E-state index >= 15 is 0 Å². The lowest BCUT2D eigenvalue weighted by Gasteiger charge is -2.35. The van der Waals surface area contributed by atoms with Crippen LogP contribution in [-0.4, -0.2) is 28.8 Å². The van der Waals surface area contributed by atoms with Gasteiger partial charge in [0.25, 0.3) is 5.69 Å². The molecule has 1 fully saturated rings. The van der Waals surface area contributed by atoms with Crippen molar-refractivity contribution in [3.8, 4) is 0 Å². The van der Waals surface area contributed by atoms with Gasteiger partial charge in [0.05, 0.1) is 11.3 Å². The smallest absolute Gasteiger partial charge is 0.269 e. The van der Waals surface area contributed by atoms with Crippen LogP contribution in [0.25, 0.3) is 0 Å². The first-order valence-electron chi connectivity index (χ1n) is 6.97. The Hall–Kier alpha value is -1.91. The van der Waals surface area contributed by atoms with Gasteiger partial charge in [-0.2, -0.15) is 0 Å². The Balaban J connectivity index is 1.98. The summed E-state index contributed by atoms with van der Waals surface area (Å²) in [5.41, 5.74) is 0.882. The molecule has 1 aliphatic rings. The van der Waals surface area contributed by atoms with Crippen LogP contribution in [-0.2, 0) is 11.2 Å². The number of hydrogen-bond acceptors (Lipinski definition) is 3. The van der Waals surface area contributed by atoms with E-state index in [1.54, 1.807) is 12.1 Å². The molecule has 0 saturated carbocycles. The quantitative estimate of drug-likeness (QED) is 0.629. The first kappa shape index (κ1) is 14.5. The van der Waals surface area contributed by atoms with Crippen LogP contribution in [0.1, 0.15) is 25.8 Å². The molecule has 0 aliphatic carbocycles. The van der Waals surface area contributed by atoms with Crippen LogP contribution in [0.15, 0.2) is 24.3 Å². The van der Waals surface area contributed by atoms with Crippen LogP contribution in [0.4, 0.5) is 5.69 Å². The molecule has 0 spiro atoms. The molecule has 1 aromatic rings. The third-order valence-corrected chi connectivity index (χ3v) is 3.72. The molecule has 1 saturated heterocycles. The summed E-state index contributed by atoms with van der Waals surface area (Å²) in [6, 6.07) is 6.22. The van der Waals surface area contributed by atoms with Crippen molar-refractivity contribution in [2.75, 3.05) is 13.1 Å². The first-order valence-corrected chi connectivity index (χ1v) is 6.97. The monoisotopic (exact) mass is 276 g/mol. The van der Waals surface area contributed by atoms with Crippen molar-refractivity contribution in [2.24, 2.45) is 11.8 Å². The van der Waals surface area contributed by atoms with Crippen molar-refractivity contribution in [1.82, 2.24) is 4.90 Å². The van der Waals surface area contributed by atoms with Gasteiger partial charge in [0, 0.05) is 25.2 Å². The number of nitrogens with zero attached hydrogens (tertiary/aromatic N) is 2. The number of hydrogen-bond donors (Lipinski definition) is 0. The standard InChI is InChI=1S/C15H20N2O3/c1-11-7-12(2)10-16(9-11)15(18)8-13-3-5-14(6-4-13)17(19)20/h3-6,11-12H,7-10H2,1-2H3. The van der Waals surface area contributed by atoms with Gasteiger partial charge in [-0.05, 0) is 23.8 Å². The number of nitro benzene ring substituents is 1. The summed E-state index contributed by atoms with van der Waals surface area (Å²) in [4.78, 5) is 24.3. The molecule has 20 heavy (non-hydrogen) atoms. The molecule has 2 rings (SSSR count). The number of nitro groups is 1. The minimum Gasteiger partial charge on any atom is -0.342 e. The van der Waals surface area contributed by atoms with Gasteiger partial charge >= 0.3 is 0 Å². The molecular weight excluding hydrogens is 256 g/mol. The summed E-state index contributed by atoms with van der Waals surface area (Å²) < 4.78 is 0. The van der Waals surface area contributed by atoms with E-state index in [-0.39, 0.29) is 11.6 Å². The van der Waals surface area contributed by atoms with E-state index in [0.717, 1.165) is 18.7 Å². The zero-order chi connectivity index (χ0) is 14.7. The zero-order valence-electron chi connectivity index (χ0n) is 11.9. The summed E-state index contributed by atoms with van der Waals surface area (Å²) in [6.07, 6.45) is 1.48. The van der Waals surface area contributed by atoms with Gasteiger partial charge in [-0.25, -0.2) is 0 Å². The Labute approximate surface area is 118 Å². The fraction of sp³-hybridized carbons (Fsp3) is 0.533. The Bertz CT molecular complexity index is 488. The number of non-ortho nitro benzene ring substituents is 1. The van der Waals surface area contributed by atoms with Crippen molar-refractivity contribution in [3.63, 3.8) is 0 Å². The van der Waals surface area contributed by atoms with Crippen LogP contribution in [0, 0.1) is 22.0 Å². The number of carbonyl (C=O) groups is 1. The summed E-state index contributed by atoms with van der Waals surface area (Å²) >= 11 is 0. The Kier molecular flexibility index (Phi) is 4.37. The summed E-state index contributed by atoms with van der Waals surface area (Å²) in [6.45, 7) is 5.97. The van der Waals surface area contributed by atoms with Crippen molar-refractivity contribution < 1.29 is 9.72 Å². The largest absolute Gasteiger partial charge is 0.342 e. The third-order valence-electron chi connectivity index (χ3n) is 3.72. The predicted molar refractivity (Wildman–Crippen MR) is 76.3 cm³/mol. The molecule has 5 heteroatoms. The molecule has 0 N–H and O–H groups in total. The molecule has 0 aromatic heterocycles. The molecule has 2 unspecified atom stereocenters. The molecule has 1 aliphatic heterocycles. The van der Waals surface area contributed by atoms with E-state index in [2.05, 4.69) is 13.8 Å². The average Bonchev–Trinajstić information content (AvgIpc) is 2.38. The summed E-state index contributed by atoms with van der Waals surface area (Å²) in [5.74, 6) is 1.19. The van der Waals surface area contributed by atoms with Gasteiger partial charge < -0.3 is 4.90 Å². The molecule has 0 bridgehead atoms. The highest BCUT2D eigenvalue weighted by molar-refractivity contribution is 5.79. The van der Waals surface area contributed by atoms with Crippen molar-refractivity contribution in [1.29, 1.82) is 0 Å². The predicted octanol–water partition coefficient (Wildman–Crippen LogP) is 2.64. The second-order valence-electron chi connectivity index (χ2n) is 5.85. The number of benzene rings is 1. The van der Waals surface area contributed by atoms with Gasteiger partial charge in [-0.15, -0.1) is 0 Å². The number of carbonyl (C=O) groups excluding carboxylic acids is 1. The Morgan fingerprint density at radius 1 is 1.25 bits per heavy atom. The lowest BCUT2D eigenvalue weighted by atomic mass is 9.91. The van der Waals surface area contributed by atoms with Gasteiger partial charge in [-0.1, -0.05) is 26.0 Å². The molecule has 0 radical (unpaired) electrons. The number of amides is 1. The average molecular weight is 276 g/mol. The topological polar surface area (TPSA) is 63.5 Å². The minimum absolute atomic E-state index is 0.0569. The SMILES string of the molecule is CC1CC(C)CN(C(=O)Cc2ccc([N+](=O)[O-])cc2)C1. The lowest BCUT2D eigenvalue weighted by molar-refractivity contribution is -0.384. The van der Waals surface area contributed by atoms with E-state index in [9.17, 15) is 14.9 Å². The van der Waals surface area contributed by atoms with Gasteiger partial charge in [0.1, 0.15) is 0 Å². The number of piperidine rings is 1. The van der Waals surface area contributed by atoms with Crippen molar-refractivity contribution >= 4 is 11.6 Å². The maximum Gasteiger partial charge on any atom is 0.269 e. The second-order valence-corrected chi connectivity index (χ2v) is 5.85. The van der Waals surface area contributed by atoms with Crippen LogP contribution in [0.5, 0.6) is 0 Å². The fourth-order valence-corrected chi connectivity index (χ4v) is 2.89. The molecule has 1 heterocycles. The highest BCUT2D eigenvalue weighted by Gasteiger charge is 2.25. The molecule has 2 atom stereocenters. The molecular formula is C15H20N2O3. The first-order chi connectivity index (χ1) is 9.45. The van der Waals surface area contributed by atoms with E-state index < -0.39 is 4.92 Å². The van der Waals surface area contributed by atoms with Gasteiger partial charge in [-0.3, -0.25) is 14.9 Å². The van der Waals surface area contributed by atoms with E-state index in [1.165, 1.54) is 18.6 Å². The minimum atomic E-state index is -0.431. The summed E-state index contributed by atoms with van der Waals surface area (Å²) in [5, 5.41) is 10.6. The zero-order valence-corrected chi connectivity index (χ0v) is 11.9. The van der Waals surface area contributed by atoms with Crippen LogP contribution in [0.3, 0.4) is 0 Å². The number of likely N-dealkylation sites (tertiary alicyclic amines) is 1. The highest BCUT2D eigenvalue weighted by Crippen LogP contribution is 2.22. The van der Waals surface area contributed by atoms with Crippen molar-refractivity contribution in [2.45, 2.75) is 26.7 Å². The second kappa shape index (κ2) is 6.03. The molecule has 108 valence electrons. The van der Waals surface area contributed by atoms with Gasteiger partial charge in [0.15, 0.2) is 0 Å². The molecule has 1 aromatic carbocycles. The van der Waals surface area contributed by atoms with Gasteiger partial charge in [0.2, 0.25) is 5.91 Å². The highest BCUT2D eigenvalue weighted by atomic mass is 16.6. The maximum atomic E-state index is 12.3.